The lowest BCUT2D eigenvalue weighted by Gasteiger charge is -2.39. The quantitative estimate of drug-likeness (QED) is 0.666. The number of hydrogen-bond donors (Lipinski definition) is 0. The van der Waals surface area contributed by atoms with Gasteiger partial charge in [0.15, 0.2) is 5.78 Å². The van der Waals surface area contributed by atoms with E-state index in [0.717, 1.165) is 16.5 Å². The smallest absolute Gasteiger partial charge is 0.256 e. The summed E-state index contributed by atoms with van der Waals surface area (Å²) in [6, 6.07) is 10.4. The molecule has 0 saturated carbocycles. The zero-order chi connectivity index (χ0) is 20.7. The highest BCUT2D eigenvalue weighted by Crippen LogP contribution is 2.29. The second-order valence-electron chi connectivity index (χ2n) is 7.72. The van der Waals surface area contributed by atoms with Crippen molar-refractivity contribution < 1.29 is 23.5 Å². The van der Waals surface area contributed by atoms with Crippen molar-refractivity contribution in [3.8, 4) is 11.5 Å². The molecule has 0 bridgehead atoms. The molecule has 0 unspecified atom stereocenters. The van der Waals surface area contributed by atoms with Crippen molar-refractivity contribution in [3.05, 3.63) is 65.7 Å². The zero-order valence-electron chi connectivity index (χ0n) is 16.1. The molecule has 1 aromatic heterocycles. The number of carbonyl (C=O) groups excluding carboxylic acids is 2. The number of pyridine rings is 1. The van der Waals surface area contributed by atoms with Crippen LogP contribution in [0.5, 0.6) is 11.5 Å². The third-order valence-corrected chi connectivity index (χ3v) is 5.50. The largest absolute Gasteiger partial charge is 0.493 e. The number of rotatable bonds is 4. The Bertz CT molecular complexity index is 1160. The van der Waals surface area contributed by atoms with Crippen LogP contribution in [0.15, 0.2) is 48.8 Å². The van der Waals surface area contributed by atoms with Gasteiger partial charge in [-0.2, -0.15) is 0 Å². The molecule has 3 heterocycles. The number of likely N-dealkylation sites (tertiary alicyclic amines) is 1. The molecule has 3 aromatic rings. The van der Waals surface area contributed by atoms with E-state index in [1.807, 2.05) is 24.3 Å². The van der Waals surface area contributed by atoms with Gasteiger partial charge in [0.1, 0.15) is 23.9 Å². The molecule has 30 heavy (non-hydrogen) atoms. The van der Waals surface area contributed by atoms with Gasteiger partial charge >= 0.3 is 0 Å². The first kappa shape index (κ1) is 18.5. The summed E-state index contributed by atoms with van der Waals surface area (Å²) in [4.78, 5) is 29.9. The van der Waals surface area contributed by atoms with Gasteiger partial charge in [0.2, 0.25) is 0 Å². The summed E-state index contributed by atoms with van der Waals surface area (Å²) in [5, 5.41) is 2.10. The number of Topliss-reactive ketones (excluding diaryl/α,β-unsaturated/α-hetero) is 1. The van der Waals surface area contributed by atoms with Crippen molar-refractivity contribution in [1.29, 1.82) is 0 Å². The van der Waals surface area contributed by atoms with Crippen LogP contribution in [0.1, 0.15) is 15.9 Å². The third kappa shape index (κ3) is 3.47. The SMILES string of the molecule is O=C1COc2cc(F)c(C(=O)N3CC(COc4ccc5cnccc5c4)C3)cc2C1. The van der Waals surface area contributed by atoms with Crippen LogP contribution >= 0.6 is 0 Å². The van der Waals surface area contributed by atoms with Gasteiger partial charge in [0.25, 0.3) is 5.91 Å². The molecule has 2 aliphatic heterocycles. The zero-order valence-corrected chi connectivity index (χ0v) is 16.1. The van der Waals surface area contributed by atoms with Crippen LogP contribution in [0.4, 0.5) is 4.39 Å². The summed E-state index contributed by atoms with van der Waals surface area (Å²) in [5.41, 5.74) is 0.539. The highest BCUT2D eigenvalue weighted by molar-refractivity contribution is 5.96. The molecule has 7 heteroatoms. The Labute approximate surface area is 172 Å². The molecule has 1 fully saturated rings. The van der Waals surface area contributed by atoms with Gasteiger partial charge in [-0.1, -0.05) is 0 Å². The fraction of sp³-hybridized carbons (Fsp3) is 0.261. The standard InChI is InChI=1S/C23H19FN2O4/c24-21-8-22-17(5-18(27)13-30-22)7-20(21)23(28)26-10-14(11-26)12-29-19-2-1-16-9-25-4-3-15(16)6-19/h1-4,6-9,14H,5,10-13H2. The Morgan fingerprint density at radius 1 is 1.20 bits per heavy atom. The van der Waals surface area contributed by atoms with Crippen LogP contribution in [0.3, 0.4) is 0 Å². The van der Waals surface area contributed by atoms with Crippen LogP contribution in [0.2, 0.25) is 0 Å². The summed E-state index contributed by atoms with van der Waals surface area (Å²) in [6.07, 6.45) is 3.70. The molecular weight excluding hydrogens is 387 g/mol. The third-order valence-electron chi connectivity index (χ3n) is 5.50. The fourth-order valence-corrected chi connectivity index (χ4v) is 3.83. The van der Waals surface area contributed by atoms with E-state index in [0.29, 0.717) is 31.0 Å². The lowest BCUT2D eigenvalue weighted by atomic mass is 9.97. The number of carbonyl (C=O) groups is 2. The fourth-order valence-electron chi connectivity index (χ4n) is 3.83. The van der Waals surface area contributed by atoms with E-state index < -0.39 is 5.82 Å². The number of halogens is 1. The Kier molecular flexibility index (Phi) is 4.58. The summed E-state index contributed by atoms with van der Waals surface area (Å²) in [6.45, 7) is 1.43. The Morgan fingerprint density at radius 3 is 2.93 bits per heavy atom. The normalized spacial score (nSPS) is 16.0. The number of aromatic nitrogens is 1. The number of ketones is 1. The Morgan fingerprint density at radius 2 is 2.07 bits per heavy atom. The van der Waals surface area contributed by atoms with E-state index in [9.17, 15) is 14.0 Å². The van der Waals surface area contributed by atoms with Crippen molar-refractivity contribution in [3.63, 3.8) is 0 Å². The first-order chi connectivity index (χ1) is 14.6. The van der Waals surface area contributed by atoms with E-state index in [-0.39, 0.29) is 36.2 Å². The molecule has 6 nitrogen and oxygen atoms in total. The molecular formula is C23H19FN2O4. The second kappa shape index (κ2) is 7.40. The number of hydrogen-bond acceptors (Lipinski definition) is 5. The molecule has 0 atom stereocenters. The van der Waals surface area contributed by atoms with E-state index >= 15 is 0 Å². The molecule has 2 aromatic carbocycles. The maximum Gasteiger partial charge on any atom is 0.256 e. The minimum absolute atomic E-state index is 0.0189. The van der Waals surface area contributed by atoms with E-state index in [1.54, 1.807) is 17.3 Å². The van der Waals surface area contributed by atoms with E-state index in [2.05, 4.69) is 4.98 Å². The van der Waals surface area contributed by atoms with Gasteiger partial charge < -0.3 is 14.4 Å². The van der Waals surface area contributed by atoms with Gasteiger partial charge in [-0.05, 0) is 35.7 Å². The molecule has 152 valence electrons. The number of ether oxygens (including phenoxy) is 2. The van der Waals surface area contributed by atoms with Gasteiger partial charge in [-0.15, -0.1) is 0 Å². The summed E-state index contributed by atoms with van der Waals surface area (Å²) in [7, 11) is 0. The monoisotopic (exact) mass is 406 g/mol. The highest BCUT2D eigenvalue weighted by atomic mass is 19.1. The average Bonchev–Trinajstić information content (AvgIpc) is 2.72. The maximum absolute atomic E-state index is 14.4. The number of fused-ring (bicyclic) bond motifs is 2. The minimum atomic E-state index is -0.626. The van der Waals surface area contributed by atoms with Crippen LogP contribution in [0, 0.1) is 11.7 Å². The Hall–Kier alpha value is -3.48. The first-order valence-electron chi connectivity index (χ1n) is 9.79. The van der Waals surface area contributed by atoms with Gasteiger partial charge in [-0.25, -0.2) is 4.39 Å². The van der Waals surface area contributed by atoms with Crippen LogP contribution in [-0.2, 0) is 11.2 Å². The molecule has 1 amide bonds. The lowest BCUT2D eigenvalue weighted by molar-refractivity contribution is -0.121. The molecule has 2 aliphatic rings. The highest BCUT2D eigenvalue weighted by Gasteiger charge is 2.33. The number of benzene rings is 2. The van der Waals surface area contributed by atoms with Crippen molar-refractivity contribution in [2.24, 2.45) is 5.92 Å². The second-order valence-corrected chi connectivity index (χ2v) is 7.72. The molecule has 1 saturated heterocycles. The predicted molar refractivity (Wildman–Crippen MR) is 107 cm³/mol. The lowest BCUT2D eigenvalue weighted by Crippen LogP contribution is -2.52. The molecule has 0 radical (unpaired) electrons. The van der Waals surface area contributed by atoms with Crippen LogP contribution in [-0.4, -0.2) is 47.9 Å². The number of nitrogens with zero attached hydrogens (tertiary/aromatic N) is 2. The number of amides is 1. The topological polar surface area (TPSA) is 68.7 Å². The first-order valence-corrected chi connectivity index (χ1v) is 9.79. The molecule has 0 aliphatic carbocycles. The van der Waals surface area contributed by atoms with Crippen molar-refractivity contribution in [1.82, 2.24) is 9.88 Å². The van der Waals surface area contributed by atoms with E-state index in [1.165, 1.54) is 12.1 Å². The van der Waals surface area contributed by atoms with Crippen LogP contribution < -0.4 is 9.47 Å². The summed E-state index contributed by atoms with van der Waals surface area (Å²) >= 11 is 0. The summed E-state index contributed by atoms with van der Waals surface area (Å²) < 4.78 is 25.5. The van der Waals surface area contributed by atoms with E-state index in [4.69, 9.17) is 9.47 Å². The van der Waals surface area contributed by atoms with Gasteiger partial charge in [-0.3, -0.25) is 14.6 Å². The molecule has 0 N–H and O–H groups in total. The van der Waals surface area contributed by atoms with Crippen molar-refractivity contribution in [2.75, 3.05) is 26.3 Å². The predicted octanol–water partition coefficient (Wildman–Crippen LogP) is 3.03. The molecule has 0 spiro atoms. The average molecular weight is 406 g/mol. The minimum Gasteiger partial charge on any atom is -0.493 e. The molecule has 5 rings (SSSR count). The van der Waals surface area contributed by atoms with Crippen molar-refractivity contribution in [2.45, 2.75) is 6.42 Å². The van der Waals surface area contributed by atoms with Gasteiger partial charge in [0, 0.05) is 54.8 Å². The van der Waals surface area contributed by atoms with Gasteiger partial charge in [0.05, 0.1) is 12.2 Å². The Balaban J connectivity index is 1.20. The summed E-state index contributed by atoms with van der Waals surface area (Å²) in [5.74, 6) is 0.209. The van der Waals surface area contributed by atoms with Crippen LogP contribution in [0.25, 0.3) is 10.8 Å². The maximum atomic E-state index is 14.4. The van der Waals surface area contributed by atoms with Crippen molar-refractivity contribution >= 4 is 22.5 Å².